The van der Waals surface area contributed by atoms with E-state index >= 15 is 0 Å². The van der Waals surface area contributed by atoms with Gasteiger partial charge in [0.2, 0.25) is 0 Å². The fraction of sp³-hybridized carbons (Fsp3) is 0.529. The second kappa shape index (κ2) is 9.53. The van der Waals surface area contributed by atoms with Crippen molar-refractivity contribution in [1.82, 2.24) is 10.2 Å². The number of rotatable bonds is 7. The van der Waals surface area contributed by atoms with Crippen LogP contribution in [0.25, 0.3) is 0 Å². The summed E-state index contributed by atoms with van der Waals surface area (Å²) in [6.07, 6.45) is 0.876. The standard InChI is InChI=1S/C17H27N3O2.ClH/c1-5-9-19-15(21)13-7-6-8-14(10-13)16(22)20(4)12-17(2,3)11-18;/h6-8,10H,5,9,11-12,18H2,1-4H3,(H,19,21);1H. The first-order chi connectivity index (χ1) is 10.3. The lowest BCUT2D eigenvalue weighted by molar-refractivity contribution is 0.0740. The van der Waals surface area contributed by atoms with E-state index in [1.807, 2.05) is 20.8 Å². The lowest BCUT2D eigenvalue weighted by Crippen LogP contribution is -2.39. The van der Waals surface area contributed by atoms with E-state index in [0.717, 1.165) is 6.42 Å². The topological polar surface area (TPSA) is 75.4 Å². The highest BCUT2D eigenvalue weighted by Gasteiger charge is 2.22. The van der Waals surface area contributed by atoms with E-state index in [-0.39, 0.29) is 29.6 Å². The van der Waals surface area contributed by atoms with Crippen LogP contribution in [0.3, 0.4) is 0 Å². The molecule has 0 fully saturated rings. The van der Waals surface area contributed by atoms with Crippen LogP contribution < -0.4 is 11.1 Å². The zero-order valence-electron chi connectivity index (χ0n) is 14.4. The van der Waals surface area contributed by atoms with E-state index in [4.69, 9.17) is 5.73 Å². The van der Waals surface area contributed by atoms with Crippen molar-refractivity contribution < 1.29 is 9.59 Å². The Morgan fingerprint density at radius 1 is 1.26 bits per heavy atom. The van der Waals surface area contributed by atoms with Crippen molar-refractivity contribution in [2.75, 3.05) is 26.7 Å². The molecule has 0 aliphatic carbocycles. The van der Waals surface area contributed by atoms with E-state index in [1.165, 1.54) is 0 Å². The number of amides is 2. The normalized spacial score (nSPS) is 10.7. The molecule has 0 aliphatic rings. The molecule has 0 saturated heterocycles. The largest absolute Gasteiger partial charge is 0.352 e. The summed E-state index contributed by atoms with van der Waals surface area (Å²) in [5.41, 5.74) is 6.59. The van der Waals surface area contributed by atoms with E-state index in [9.17, 15) is 9.59 Å². The van der Waals surface area contributed by atoms with Crippen molar-refractivity contribution in [3.05, 3.63) is 35.4 Å². The van der Waals surface area contributed by atoms with Gasteiger partial charge in [-0.05, 0) is 36.6 Å². The Bertz CT molecular complexity index is 532. The summed E-state index contributed by atoms with van der Waals surface area (Å²) < 4.78 is 0. The van der Waals surface area contributed by atoms with Crippen LogP contribution in [0, 0.1) is 5.41 Å². The molecule has 6 heteroatoms. The summed E-state index contributed by atoms with van der Waals surface area (Å²) in [4.78, 5) is 26.1. The van der Waals surface area contributed by atoms with Gasteiger partial charge in [0, 0.05) is 31.3 Å². The van der Waals surface area contributed by atoms with Gasteiger partial charge >= 0.3 is 0 Å². The Morgan fingerprint density at radius 2 is 1.87 bits per heavy atom. The molecular weight excluding hydrogens is 314 g/mol. The summed E-state index contributed by atoms with van der Waals surface area (Å²) in [6, 6.07) is 6.81. The fourth-order valence-corrected chi connectivity index (χ4v) is 2.13. The van der Waals surface area contributed by atoms with Gasteiger partial charge in [-0.3, -0.25) is 9.59 Å². The van der Waals surface area contributed by atoms with Gasteiger partial charge in [-0.2, -0.15) is 0 Å². The zero-order chi connectivity index (χ0) is 16.8. The summed E-state index contributed by atoms with van der Waals surface area (Å²) in [5, 5.41) is 2.81. The highest BCUT2D eigenvalue weighted by Crippen LogP contribution is 2.16. The van der Waals surface area contributed by atoms with Crippen molar-refractivity contribution in [1.29, 1.82) is 0 Å². The third-order valence-electron chi connectivity index (χ3n) is 3.47. The minimum Gasteiger partial charge on any atom is -0.352 e. The highest BCUT2D eigenvalue weighted by atomic mass is 35.5. The van der Waals surface area contributed by atoms with Gasteiger partial charge in [-0.25, -0.2) is 0 Å². The predicted molar refractivity (Wildman–Crippen MR) is 96.1 cm³/mol. The van der Waals surface area contributed by atoms with Crippen LogP contribution in [-0.2, 0) is 0 Å². The maximum Gasteiger partial charge on any atom is 0.253 e. The smallest absolute Gasteiger partial charge is 0.253 e. The van der Waals surface area contributed by atoms with Gasteiger partial charge < -0.3 is 16.0 Å². The van der Waals surface area contributed by atoms with Gasteiger partial charge in [-0.15, -0.1) is 12.4 Å². The fourth-order valence-electron chi connectivity index (χ4n) is 2.13. The first-order valence-electron chi connectivity index (χ1n) is 7.64. The van der Waals surface area contributed by atoms with Crippen LogP contribution in [0.1, 0.15) is 47.9 Å². The quantitative estimate of drug-likeness (QED) is 0.799. The number of hydrogen-bond donors (Lipinski definition) is 2. The maximum atomic E-state index is 12.5. The number of carbonyl (C=O) groups is 2. The average molecular weight is 342 g/mol. The number of nitrogens with two attached hydrogens (primary N) is 1. The van der Waals surface area contributed by atoms with Crippen LogP contribution in [0.4, 0.5) is 0 Å². The van der Waals surface area contributed by atoms with Gasteiger partial charge in [-0.1, -0.05) is 26.8 Å². The van der Waals surface area contributed by atoms with Crippen LogP contribution in [0.15, 0.2) is 24.3 Å². The van der Waals surface area contributed by atoms with Gasteiger partial charge in [0.1, 0.15) is 0 Å². The molecule has 2 amide bonds. The van der Waals surface area contributed by atoms with Crippen LogP contribution in [-0.4, -0.2) is 43.4 Å². The van der Waals surface area contributed by atoms with Crippen LogP contribution >= 0.6 is 12.4 Å². The Labute approximate surface area is 145 Å². The molecule has 0 bridgehead atoms. The van der Waals surface area contributed by atoms with Gasteiger partial charge in [0.25, 0.3) is 11.8 Å². The third-order valence-corrected chi connectivity index (χ3v) is 3.47. The summed E-state index contributed by atoms with van der Waals surface area (Å²) in [6.45, 7) is 7.73. The molecule has 1 aromatic carbocycles. The minimum atomic E-state index is -0.151. The Hall–Kier alpha value is -1.59. The molecule has 0 spiro atoms. The Morgan fingerprint density at radius 3 is 2.43 bits per heavy atom. The molecule has 0 unspecified atom stereocenters. The second-order valence-electron chi connectivity index (χ2n) is 6.37. The molecule has 130 valence electrons. The molecule has 5 nitrogen and oxygen atoms in total. The molecule has 0 aliphatic heterocycles. The first kappa shape index (κ1) is 21.4. The molecule has 0 saturated carbocycles. The average Bonchev–Trinajstić information content (AvgIpc) is 2.51. The van der Waals surface area contributed by atoms with E-state index in [1.54, 1.807) is 36.2 Å². The lowest BCUT2D eigenvalue weighted by Gasteiger charge is -2.29. The summed E-state index contributed by atoms with van der Waals surface area (Å²) in [7, 11) is 1.75. The number of carbonyl (C=O) groups excluding carboxylic acids is 2. The van der Waals surface area contributed by atoms with Crippen molar-refractivity contribution >= 4 is 24.2 Å². The molecule has 0 heterocycles. The molecule has 1 aromatic rings. The van der Waals surface area contributed by atoms with Crippen molar-refractivity contribution in [2.45, 2.75) is 27.2 Å². The van der Waals surface area contributed by atoms with E-state index in [2.05, 4.69) is 5.32 Å². The Balaban J connectivity index is 0.00000484. The molecular formula is C17H28ClN3O2. The number of nitrogens with zero attached hydrogens (tertiary/aromatic N) is 1. The maximum absolute atomic E-state index is 12.5. The zero-order valence-corrected chi connectivity index (χ0v) is 15.2. The van der Waals surface area contributed by atoms with Crippen LogP contribution in [0.5, 0.6) is 0 Å². The summed E-state index contributed by atoms with van der Waals surface area (Å²) in [5.74, 6) is -0.256. The molecule has 0 aromatic heterocycles. The molecule has 1 rings (SSSR count). The van der Waals surface area contributed by atoms with E-state index < -0.39 is 0 Å². The third kappa shape index (κ3) is 6.59. The monoisotopic (exact) mass is 341 g/mol. The number of nitrogens with one attached hydrogen (secondary N) is 1. The van der Waals surface area contributed by atoms with Crippen molar-refractivity contribution in [3.8, 4) is 0 Å². The van der Waals surface area contributed by atoms with Crippen LogP contribution in [0.2, 0.25) is 0 Å². The molecule has 0 radical (unpaired) electrons. The summed E-state index contributed by atoms with van der Waals surface area (Å²) >= 11 is 0. The predicted octanol–water partition coefficient (Wildman–Crippen LogP) is 2.31. The number of hydrogen-bond acceptors (Lipinski definition) is 3. The highest BCUT2D eigenvalue weighted by molar-refractivity contribution is 5.99. The molecule has 0 atom stereocenters. The van der Waals surface area contributed by atoms with Crippen molar-refractivity contribution in [2.24, 2.45) is 11.1 Å². The Kier molecular flexibility index (Phi) is 8.87. The lowest BCUT2D eigenvalue weighted by atomic mass is 9.93. The van der Waals surface area contributed by atoms with E-state index in [0.29, 0.717) is 30.8 Å². The number of benzene rings is 1. The first-order valence-corrected chi connectivity index (χ1v) is 7.64. The van der Waals surface area contributed by atoms with Gasteiger partial charge in [0.05, 0.1) is 0 Å². The minimum absolute atomic E-state index is 0. The second-order valence-corrected chi connectivity index (χ2v) is 6.37. The van der Waals surface area contributed by atoms with Crippen molar-refractivity contribution in [3.63, 3.8) is 0 Å². The molecule has 23 heavy (non-hydrogen) atoms. The SMILES string of the molecule is CCCNC(=O)c1cccc(C(=O)N(C)CC(C)(C)CN)c1.Cl. The van der Waals surface area contributed by atoms with Gasteiger partial charge in [0.15, 0.2) is 0 Å². The number of halogens is 1. The molecule has 3 N–H and O–H groups in total.